The van der Waals surface area contributed by atoms with Crippen molar-refractivity contribution in [3.8, 4) is 5.75 Å². The first-order valence-electron chi connectivity index (χ1n) is 4.07. The molecule has 3 heteroatoms. The van der Waals surface area contributed by atoms with Crippen molar-refractivity contribution in [2.45, 2.75) is 6.92 Å². The van der Waals surface area contributed by atoms with Gasteiger partial charge in [-0.25, -0.2) is 4.79 Å². The third-order valence-corrected chi connectivity index (χ3v) is 1.97. The molecule has 0 aliphatic carbocycles. The van der Waals surface area contributed by atoms with Crippen molar-refractivity contribution in [1.82, 2.24) is 0 Å². The average molecular weight is 206 g/mol. The Bertz CT molecular complexity index is 383. The van der Waals surface area contributed by atoms with Crippen molar-refractivity contribution in [2.24, 2.45) is 0 Å². The smallest absolute Gasteiger partial charge is 0.347 e. The second-order valence-electron chi connectivity index (χ2n) is 2.76. The Balaban J connectivity index is 2.91. The van der Waals surface area contributed by atoms with Crippen LogP contribution in [0.4, 0.5) is 0 Å². The molecule has 0 bridgehead atoms. The molecule has 1 aromatic carbocycles. The van der Waals surface area contributed by atoms with Gasteiger partial charge in [0.2, 0.25) is 0 Å². The number of hydrogen-bond donors (Lipinski definition) is 0. The molecule has 14 heavy (non-hydrogen) atoms. The summed E-state index contributed by atoms with van der Waals surface area (Å²) in [6, 6.07) is 5.32. The van der Waals surface area contributed by atoms with Crippen molar-refractivity contribution < 1.29 is 9.53 Å². The van der Waals surface area contributed by atoms with Gasteiger partial charge in [-0.2, -0.15) is 0 Å². The van der Waals surface area contributed by atoms with Crippen molar-refractivity contribution >= 4 is 29.6 Å². The number of esters is 1. The highest BCUT2D eigenvalue weighted by molar-refractivity contribution is 7.80. The van der Waals surface area contributed by atoms with Crippen LogP contribution in [-0.4, -0.2) is 11.3 Å². The molecule has 0 radical (unpaired) electrons. The summed E-state index contributed by atoms with van der Waals surface area (Å²) in [7, 11) is 0. The van der Waals surface area contributed by atoms with E-state index in [2.05, 4.69) is 18.8 Å². The van der Waals surface area contributed by atoms with E-state index in [-0.39, 0.29) is 0 Å². The van der Waals surface area contributed by atoms with Crippen molar-refractivity contribution in [3.05, 3.63) is 35.9 Å². The van der Waals surface area contributed by atoms with Gasteiger partial charge in [-0.1, -0.05) is 30.9 Å². The summed E-state index contributed by atoms with van der Waals surface area (Å²) >= 11 is 4.44. The molecule has 0 aliphatic rings. The summed E-state index contributed by atoms with van der Waals surface area (Å²) in [5.41, 5.74) is 2.03. The number of aryl methyl sites for hydroxylation is 1. The number of carbonyl (C=O) groups is 1. The van der Waals surface area contributed by atoms with Gasteiger partial charge in [-0.3, -0.25) is 0 Å². The number of rotatable bonds is 3. The quantitative estimate of drug-likeness (QED) is 0.432. The van der Waals surface area contributed by atoms with Crippen LogP contribution in [0.15, 0.2) is 24.8 Å². The van der Waals surface area contributed by atoms with E-state index in [1.54, 1.807) is 18.2 Å². The topological polar surface area (TPSA) is 26.3 Å². The Morgan fingerprint density at radius 3 is 2.79 bits per heavy atom. The Morgan fingerprint density at radius 2 is 2.29 bits per heavy atom. The third-order valence-electron chi connectivity index (χ3n) is 1.78. The number of carbonyl (C=O) groups excluding carboxylic acids is 1. The van der Waals surface area contributed by atoms with Gasteiger partial charge in [0, 0.05) is 0 Å². The zero-order chi connectivity index (χ0) is 10.6. The van der Waals surface area contributed by atoms with Gasteiger partial charge in [-0.05, 0) is 30.2 Å². The minimum atomic E-state index is -0.522. The van der Waals surface area contributed by atoms with Crippen LogP contribution >= 0.6 is 12.2 Å². The Labute approximate surface area is 88.2 Å². The van der Waals surface area contributed by atoms with Gasteiger partial charge in [0.25, 0.3) is 0 Å². The highest BCUT2D eigenvalue weighted by Crippen LogP contribution is 2.17. The monoisotopic (exact) mass is 206 g/mol. The van der Waals surface area contributed by atoms with Crippen molar-refractivity contribution in [2.75, 3.05) is 0 Å². The summed E-state index contributed by atoms with van der Waals surface area (Å²) in [4.78, 5) is 10.8. The fraction of sp³-hybridized carbons (Fsp3) is 0.0909. The van der Waals surface area contributed by atoms with Crippen molar-refractivity contribution in [3.63, 3.8) is 0 Å². The first kappa shape index (κ1) is 10.6. The molecule has 1 aromatic rings. The summed E-state index contributed by atoms with van der Waals surface area (Å²) in [6.45, 7) is 5.59. The van der Waals surface area contributed by atoms with E-state index in [0.29, 0.717) is 5.75 Å². The zero-order valence-electron chi connectivity index (χ0n) is 7.82. The lowest BCUT2D eigenvalue weighted by Crippen LogP contribution is -2.07. The highest BCUT2D eigenvalue weighted by Gasteiger charge is 2.01. The predicted molar refractivity (Wildman–Crippen MR) is 60.6 cm³/mol. The maximum Gasteiger partial charge on any atom is 0.347 e. The summed E-state index contributed by atoms with van der Waals surface area (Å²) < 4.78 is 4.91. The molecule has 0 spiro atoms. The van der Waals surface area contributed by atoms with Crippen LogP contribution in [-0.2, 0) is 4.79 Å². The molecule has 0 atom stereocenters. The molecule has 0 heterocycles. The number of benzene rings is 1. The normalized spacial score (nSPS) is 9.21. The maximum absolute atomic E-state index is 10.8. The van der Waals surface area contributed by atoms with Gasteiger partial charge < -0.3 is 4.74 Å². The van der Waals surface area contributed by atoms with Crippen LogP contribution in [0.25, 0.3) is 6.08 Å². The third kappa shape index (κ3) is 2.50. The summed E-state index contributed by atoms with van der Waals surface area (Å²) in [5.74, 6) is -0.0232. The zero-order valence-corrected chi connectivity index (χ0v) is 8.64. The number of thiocarbonyl (C=S) groups is 1. The fourth-order valence-corrected chi connectivity index (χ4v) is 1.13. The van der Waals surface area contributed by atoms with Gasteiger partial charge in [-0.15, -0.1) is 0 Å². The second kappa shape index (κ2) is 4.67. The molecule has 1 rings (SSSR count). The molecule has 2 nitrogen and oxygen atoms in total. The van der Waals surface area contributed by atoms with E-state index in [1.165, 1.54) is 0 Å². The highest BCUT2D eigenvalue weighted by atomic mass is 32.1. The molecule has 0 fully saturated rings. The van der Waals surface area contributed by atoms with E-state index in [1.807, 2.05) is 13.0 Å². The Kier molecular flexibility index (Phi) is 3.54. The first-order valence-corrected chi connectivity index (χ1v) is 4.54. The average Bonchev–Trinajstić information content (AvgIpc) is 2.18. The van der Waals surface area contributed by atoms with E-state index in [0.717, 1.165) is 16.5 Å². The SMILES string of the molecule is C=Cc1ccc(OC(=O)C=S)cc1C. The van der Waals surface area contributed by atoms with E-state index >= 15 is 0 Å². The van der Waals surface area contributed by atoms with Gasteiger partial charge in [0.1, 0.15) is 5.75 Å². The molecule has 72 valence electrons. The molecule has 0 saturated carbocycles. The largest absolute Gasteiger partial charge is 0.423 e. The van der Waals surface area contributed by atoms with Crippen LogP contribution in [0.5, 0.6) is 5.75 Å². The van der Waals surface area contributed by atoms with Gasteiger partial charge >= 0.3 is 5.97 Å². The summed E-state index contributed by atoms with van der Waals surface area (Å²) in [5, 5.41) is 0.969. The number of hydrogen-bond acceptors (Lipinski definition) is 3. The fourth-order valence-electron chi connectivity index (χ4n) is 1.08. The Hall–Kier alpha value is -1.48. The standard InChI is InChI=1S/C11H10O2S/c1-3-9-4-5-10(6-8(9)2)13-11(12)7-14/h3-7H,1H2,2H3. The predicted octanol–water partition coefficient (Wildman–Crippen LogP) is 2.54. The van der Waals surface area contributed by atoms with E-state index in [4.69, 9.17) is 4.74 Å². The minimum absolute atomic E-state index is 0.499. The summed E-state index contributed by atoms with van der Waals surface area (Å²) in [6.07, 6.45) is 1.75. The lowest BCUT2D eigenvalue weighted by Gasteiger charge is -2.04. The first-order chi connectivity index (χ1) is 6.67. The second-order valence-corrected chi connectivity index (χ2v) is 3.00. The molecular formula is C11H10O2S. The lowest BCUT2D eigenvalue weighted by molar-refractivity contribution is -0.126. The number of ether oxygens (including phenoxy) is 1. The molecule has 0 saturated heterocycles. The van der Waals surface area contributed by atoms with Crippen LogP contribution in [0.1, 0.15) is 11.1 Å². The van der Waals surface area contributed by atoms with E-state index < -0.39 is 5.97 Å². The van der Waals surface area contributed by atoms with Crippen LogP contribution in [0.3, 0.4) is 0 Å². The van der Waals surface area contributed by atoms with Gasteiger partial charge in [0.05, 0.1) is 5.37 Å². The molecular weight excluding hydrogens is 196 g/mol. The maximum atomic E-state index is 10.8. The lowest BCUT2D eigenvalue weighted by atomic mass is 10.1. The molecule has 0 aliphatic heterocycles. The molecule has 0 aromatic heterocycles. The Morgan fingerprint density at radius 1 is 1.57 bits per heavy atom. The van der Waals surface area contributed by atoms with Crippen LogP contribution < -0.4 is 4.74 Å². The van der Waals surface area contributed by atoms with E-state index in [9.17, 15) is 4.79 Å². The minimum Gasteiger partial charge on any atom is -0.423 e. The van der Waals surface area contributed by atoms with Gasteiger partial charge in [0.15, 0.2) is 0 Å². The molecule has 0 amide bonds. The van der Waals surface area contributed by atoms with Crippen molar-refractivity contribution in [1.29, 1.82) is 0 Å². The van der Waals surface area contributed by atoms with Crippen LogP contribution in [0.2, 0.25) is 0 Å². The van der Waals surface area contributed by atoms with Crippen LogP contribution in [0, 0.1) is 6.92 Å². The molecule has 0 N–H and O–H groups in total. The molecule has 0 unspecified atom stereocenters.